The largest absolute Gasteiger partial charge is 0.494 e. The lowest BCUT2D eigenvalue weighted by molar-refractivity contribution is -0.452. The zero-order valence-electron chi connectivity index (χ0n) is 27.4. The third-order valence-corrected chi connectivity index (χ3v) is 7.80. The second-order valence-corrected chi connectivity index (χ2v) is 12.1. The first-order valence-corrected chi connectivity index (χ1v) is 15.2. The van der Waals surface area contributed by atoms with E-state index in [1.807, 2.05) is 26.0 Å². The molecule has 0 aliphatic carbocycles. The minimum absolute atomic E-state index is 0.0450. The number of ether oxygens (including phenoxy) is 2. The number of hydrogen-bond donors (Lipinski definition) is 0. The van der Waals surface area contributed by atoms with E-state index >= 15 is 0 Å². The summed E-state index contributed by atoms with van der Waals surface area (Å²) in [6.45, 7) is 10.9. The number of alkyl halides is 15. The van der Waals surface area contributed by atoms with Crippen molar-refractivity contribution in [2.24, 2.45) is 17.8 Å². The molecule has 0 amide bonds. The van der Waals surface area contributed by atoms with E-state index < -0.39 is 61.2 Å². The maximum absolute atomic E-state index is 14.0. The first kappa shape index (κ1) is 45.2. The third-order valence-electron chi connectivity index (χ3n) is 7.80. The maximum Gasteiger partial charge on any atom is 0.460 e. The summed E-state index contributed by atoms with van der Waals surface area (Å²) < 4.78 is 211. The van der Waals surface area contributed by atoms with Gasteiger partial charge >= 0.3 is 41.7 Å². The monoisotopic (exact) mass is 752 g/mol. The summed E-state index contributed by atoms with van der Waals surface area (Å²) in [6, 6.07) is 5.54. The molecule has 50 heavy (non-hydrogen) atoms. The molecule has 0 aliphatic rings. The SMILES string of the molecule is C=C[C@@H](C)C/C=C/[C@@H](C)C/C=C/[C@H](C)[C@@H](C)OCc1ccc(OCCCC(F)(F)C(F)(F)C(F)(F)C(F)(F)C(F)(F)C(F)(F)C(F)(F)F)cc1. The van der Waals surface area contributed by atoms with Crippen LogP contribution in [0, 0.1) is 17.8 Å². The molecule has 0 aromatic heterocycles. The average Bonchev–Trinajstić information content (AvgIpc) is 3.01. The Morgan fingerprint density at radius 3 is 1.64 bits per heavy atom. The molecule has 1 aromatic rings. The van der Waals surface area contributed by atoms with Crippen LogP contribution in [0.1, 0.15) is 58.9 Å². The molecule has 288 valence electrons. The van der Waals surface area contributed by atoms with Gasteiger partial charge in [0, 0.05) is 6.42 Å². The van der Waals surface area contributed by atoms with Crippen molar-refractivity contribution in [3.63, 3.8) is 0 Å². The van der Waals surface area contributed by atoms with E-state index in [-0.39, 0.29) is 24.4 Å². The van der Waals surface area contributed by atoms with Crippen molar-refractivity contribution >= 4 is 0 Å². The molecule has 0 unspecified atom stereocenters. The summed E-state index contributed by atoms with van der Waals surface area (Å²) >= 11 is 0. The van der Waals surface area contributed by atoms with Crippen molar-refractivity contribution in [1.29, 1.82) is 0 Å². The summed E-state index contributed by atoms with van der Waals surface area (Å²) in [5.74, 6) is -45.7. The first-order valence-electron chi connectivity index (χ1n) is 15.2. The van der Waals surface area contributed by atoms with Gasteiger partial charge in [-0.2, -0.15) is 65.9 Å². The molecule has 0 aliphatic heterocycles. The van der Waals surface area contributed by atoms with Crippen LogP contribution in [-0.2, 0) is 11.3 Å². The van der Waals surface area contributed by atoms with Crippen LogP contribution in [-0.4, -0.2) is 54.4 Å². The van der Waals surface area contributed by atoms with E-state index in [4.69, 9.17) is 9.47 Å². The van der Waals surface area contributed by atoms with Crippen molar-refractivity contribution in [2.75, 3.05) is 6.61 Å². The average molecular weight is 753 g/mol. The minimum Gasteiger partial charge on any atom is -0.494 e. The van der Waals surface area contributed by atoms with Gasteiger partial charge in [-0.25, -0.2) is 0 Å². The van der Waals surface area contributed by atoms with Crippen LogP contribution in [0.3, 0.4) is 0 Å². The van der Waals surface area contributed by atoms with E-state index in [2.05, 4.69) is 38.7 Å². The second kappa shape index (κ2) is 17.1. The smallest absolute Gasteiger partial charge is 0.460 e. The van der Waals surface area contributed by atoms with Crippen LogP contribution < -0.4 is 4.74 Å². The summed E-state index contributed by atoms with van der Waals surface area (Å²) in [6.07, 6.45) is 0.371. The van der Waals surface area contributed by atoms with Gasteiger partial charge in [0.15, 0.2) is 0 Å². The van der Waals surface area contributed by atoms with Crippen LogP contribution in [0.25, 0.3) is 0 Å². The highest BCUT2D eigenvalue weighted by Gasteiger charge is 2.93. The highest BCUT2D eigenvalue weighted by Crippen LogP contribution is 2.62. The Balaban J connectivity index is 2.71. The molecule has 0 fully saturated rings. The standard InChI is InChI=1S/C33H39F15O2/c1-6-21(2)10-7-11-22(3)12-8-13-23(4)24(5)50-20-25-14-16-26(17-15-25)49-19-9-18-27(34,35)28(36,37)29(38,39)30(40,41)31(42,43)32(44,45)33(46,47)48/h6-8,11,13-17,21-24H,1,9-10,12,18-20H2,2-5H3/b11-7+,13-8+/t21-,22-,23+,24-/m1/s1. The molecule has 0 saturated heterocycles. The van der Waals surface area contributed by atoms with Crippen molar-refractivity contribution in [3.05, 3.63) is 66.8 Å². The van der Waals surface area contributed by atoms with Crippen molar-refractivity contribution < 1.29 is 75.3 Å². The Morgan fingerprint density at radius 2 is 1.12 bits per heavy atom. The van der Waals surface area contributed by atoms with Gasteiger partial charge in [0.05, 0.1) is 19.3 Å². The number of hydrogen-bond acceptors (Lipinski definition) is 2. The fourth-order valence-electron chi connectivity index (χ4n) is 4.07. The van der Waals surface area contributed by atoms with Crippen LogP contribution in [0.15, 0.2) is 61.2 Å². The van der Waals surface area contributed by atoms with E-state index in [0.29, 0.717) is 17.4 Å². The van der Waals surface area contributed by atoms with Gasteiger partial charge in [0.2, 0.25) is 0 Å². The lowest BCUT2D eigenvalue weighted by Gasteiger charge is -2.41. The zero-order chi connectivity index (χ0) is 39.0. The Labute approximate surface area is 280 Å². The molecule has 1 rings (SSSR count). The molecule has 0 heterocycles. The fraction of sp³-hybridized carbons (Fsp3) is 0.636. The van der Waals surface area contributed by atoms with E-state index in [9.17, 15) is 65.9 Å². The van der Waals surface area contributed by atoms with Crippen molar-refractivity contribution in [1.82, 2.24) is 0 Å². The van der Waals surface area contributed by atoms with Crippen molar-refractivity contribution in [2.45, 2.75) is 108 Å². The second-order valence-electron chi connectivity index (χ2n) is 12.1. The topological polar surface area (TPSA) is 18.5 Å². The lowest BCUT2D eigenvalue weighted by Crippen LogP contribution is -2.72. The Bertz CT molecular complexity index is 1250. The predicted molar refractivity (Wildman–Crippen MR) is 156 cm³/mol. The maximum atomic E-state index is 14.0. The molecule has 17 heteroatoms. The van der Waals surface area contributed by atoms with Gasteiger partial charge in [-0.3, -0.25) is 0 Å². The third kappa shape index (κ3) is 10.4. The van der Waals surface area contributed by atoms with Gasteiger partial charge < -0.3 is 9.47 Å². The molecule has 0 spiro atoms. The Kier molecular flexibility index (Phi) is 15.5. The van der Waals surface area contributed by atoms with Gasteiger partial charge in [0.1, 0.15) is 5.75 Å². The summed E-state index contributed by atoms with van der Waals surface area (Å²) in [5.41, 5.74) is 0.620. The van der Waals surface area contributed by atoms with Gasteiger partial charge in [-0.05, 0) is 61.6 Å². The number of rotatable bonds is 21. The van der Waals surface area contributed by atoms with Crippen LogP contribution in [0.2, 0.25) is 0 Å². The summed E-state index contributed by atoms with van der Waals surface area (Å²) in [7, 11) is 0. The van der Waals surface area contributed by atoms with Crippen LogP contribution in [0.4, 0.5) is 65.9 Å². The normalized spacial score (nSPS) is 16.9. The molecule has 0 bridgehead atoms. The van der Waals surface area contributed by atoms with E-state index in [0.717, 1.165) is 12.8 Å². The van der Waals surface area contributed by atoms with Gasteiger partial charge in [0.25, 0.3) is 0 Å². The highest BCUT2D eigenvalue weighted by molar-refractivity contribution is 5.27. The van der Waals surface area contributed by atoms with E-state index in [1.165, 1.54) is 24.3 Å². The molecule has 4 atom stereocenters. The van der Waals surface area contributed by atoms with Crippen molar-refractivity contribution in [3.8, 4) is 5.75 Å². The number of allylic oxidation sites excluding steroid dienone is 4. The molecule has 0 N–H and O–H groups in total. The zero-order valence-corrected chi connectivity index (χ0v) is 27.4. The van der Waals surface area contributed by atoms with E-state index in [1.54, 1.807) is 0 Å². The first-order chi connectivity index (χ1) is 22.6. The van der Waals surface area contributed by atoms with Crippen LogP contribution >= 0.6 is 0 Å². The quantitative estimate of drug-likeness (QED) is 0.0707. The molecular formula is C33H39F15O2. The van der Waals surface area contributed by atoms with Crippen LogP contribution in [0.5, 0.6) is 5.75 Å². The predicted octanol–water partition coefficient (Wildman–Crippen LogP) is 12.1. The fourth-order valence-corrected chi connectivity index (χ4v) is 4.07. The summed E-state index contributed by atoms with van der Waals surface area (Å²) in [4.78, 5) is 0. The molecular weight excluding hydrogens is 713 g/mol. The van der Waals surface area contributed by atoms with Gasteiger partial charge in [-0.1, -0.05) is 63.3 Å². The molecule has 1 aromatic carbocycles. The number of benzene rings is 1. The highest BCUT2D eigenvalue weighted by atomic mass is 19.4. The Hall–Kier alpha value is -2.85. The van der Waals surface area contributed by atoms with Gasteiger partial charge in [-0.15, -0.1) is 6.58 Å². The lowest BCUT2D eigenvalue weighted by atomic mass is 9.90. The molecule has 2 nitrogen and oxygen atoms in total. The molecule has 0 radical (unpaired) electrons. The summed E-state index contributed by atoms with van der Waals surface area (Å²) in [5, 5.41) is 0. The number of halogens is 15. The minimum atomic E-state index is -8.29. The Morgan fingerprint density at radius 1 is 0.640 bits per heavy atom. The molecule has 0 saturated carbocycles.